The Hall–Kier alpha value is -2.46. The second kappa shape index (κ2) is 8.25. The molecule has 4 nitrogen and oxygen atoms in total. The number of rotatable bonds is 7. The van der Waals surface area contributed by atoms with Crippen molar-refractivity contribution in [2.45, 2.75) is 13.5 Å². The van der Waals surface area contributed by atoms with E-state index in [2.05, 4.69) is 24.2 Å². The lowest BCUT2D eigenvalue weighted by Gasteiger charge is -2.13. The molecule has 0 heterocycles. The van der Waals surface area contributed by atoms with Crippen molar-refractivity contribution in [3.05, 3.63) is 71.3 Å². The molecule has 2 aromatic carbocycles. The molecule has 0 spiro atoms. The summed E-state index contributed by atoms with van der Waals surface area (Å²) in [6.45, 7) is 3.93. The number of carbonyl (C=O) groups is 2. The van der Waals surface area contributed by atoms with Crippen molar-refractivity contribution in [3.8, 4) is 0 Å². The summed E-state index contributed by atoms with van der Waals surface area (Å²) in [5.41, 5.74) is 2.32. The average molecular weight is 310 g/mol. The molecule has 0 aliphatic rings. The zero-order valence-electron chi connectivity index (χ0n) is 13.6. The first-order chi connectivity index (χ1) is 11.1. The Balaban J connectivity index is 1.89. The summed E-state index contributed by atoms with van der Waals surface area (Å²) in [5.74, 6) is -0.329. The first kappa shape index (κ1) is 16.9. The number of hydrogen-bond acceptors (Lipinski definition) is 3. The highest BCUT2D eigenvalue weighted by molar-refractivity contribution is 6.02. The van der Waals surface area contributed by atoms with Crippen molar-refractivity contribution in [2.24, 2.45) is 0 Å². The van der Waals surface area contributed by atoms with E-state index < -0.39 is 0 Å². The van der Waals surface area contributed by atoms with Crippen LogP contribution in [0.15, 0.2) is 54.6 Å². The van der Waals surface area contributed by atoms with Crippen LogP contribution in [0.3, 0.4) is 0 Å². The Labute approximate surface area is 137 Å². The largest absolute Gasteiger partial charge is 0.345 e. The van der Waals surface area contributed by atoms with Crippen LogP contribution in [-0.2, 0) is 6.54 Å². The quantitative estimate of drug-likeness (QED) is 0.800. The van der Waals surface area contributed by atoms with Crippen LogP contribution < -0.4 is 5.32 Å². The molecular weight excluding hydrogens is 288 g/mol. The number of nitrogens with zero attached hydrogens (tertiary/aromatic N) is 1. The highest BCUT2D eigenvalue weighted by atomic mass is 16.2. The molecule has 0 bridgehead atoms. The van der Waals surface area contributed by atoms with Crippen LogP contribution in [0, 0.1) is 0 Å². The molecule has 2 rings (SSSR count). The standard InChI is InChI=1S/C19H22N2O2/c1-3-21(2)14-15-9-11-17(12-10-15)19(23)20-13-18(22)16-7-5-4-6-8-16/h4-12H,3,13-14H2,1-2H3,(H,20,23). The molecular formula is C19H22N2O2. The van der Waals surface area contributed by atoms with Gasteiger partial charge in [-0.2, -0.15) is 0 Å². The summed E-state index contributed by atoms with van der Waals surface area (Å²) >= 11 is 0. The molecule has 0 unspecified atom stereocenters. The zero-order chi connectivity index (χ0) is 16.7. The Bertz CT molecular complexity index is 651. The first-order valence-electron chi connectivity index (χ1n) is 7.74. The predicted molar refractivity (Wildman–Crippen MR) is 91.6 cm³/mol. The van der Waals surface area contributed by atoms with Crippen LogP contribution in [0.4, 0.5) is 0 Å². The fraction of sp³-hybridized carbons (Fsp3) is 0.263. The minimum atomic E-state index is -0.232. The molecule has 120 valence electrons. The summed E-state index contributed by atoms with van der Waals surface area (Å²) < 4.78 is 0. The summed E-state index contributed by atoms with van der Waals surface area (Å²) in [5, 5.41) is 2.67. The van der Waals surface area contributed by atoms with Crippen LogP contribution in [0.1, 0.15) is 33.2 Å². The minimum absolute atomic E-state index is 0.00315. The van der Waals surface area contributed by atoms with Gasteiger partial charge in [-0.05, 0) is 31.3 Å². The van der Waals surface area contributed by atoms with Gasteiger partial charge in [0, 0.05) is 17.7 Å². The first-order valence-corrected chi connectivity index (χ1v) is 7.74. The number of hydrogen-bond donors (Lipinski definition) is 1. The van der Waals surface area contributed by atoms with Crippen molar-refractivity contribution in [2.75, 3.05) is 20.1 Å². The highest BCUT2D eigenvalue weighted by Gasteiger charge is 2.09. The fourth-order valence-electron chi connectivity index (χ4n) is 2.17. The van der Waals surface area contributed by atoms with Gasteiger partial charge in [0.05, 0.1) is 6.54 Å². The summed E-state index contributed by atoms with van der Waals surface area (Å²) in [4.78, 5) is 26.3. The number of carbonyl (C=O) groups excluding carboxylic acids is 2. The lowest BCUT2D eigenvalue weighted by molar-refractivity contribution is 0.0904. The number of benzene rings is 2. The number of amides is 1. The lowest BCUT2D eigenvalue weighted by Crippen LogP contribution is -2.29. The molecule has 0 atom stereocenters. The van der Waals surface area contributed by atoms with Crippen LogP contribution in [-0.4, -0.2) is 36.7 Å². The third kappa shape index (κ3) is 5.04. The van der Waals surface area contributed by atoms with Gasteiger partial charge in [0.2, 0.25) is 0 Å². The second-order valence-corrected chi connectivity index (χ2v) is 5.50. The zero-order valence-corrected chi connectivity index (χ0v) is 13.6. The Morgan fingerprint density at radius 3 is 2.22 bits per heavy atom. The number of Topliss-reactive ketones (excluding diaryl/α,β-unsaturated/α-hetero) is 1. The van der Waals surface area contributed by atoms with Gasteiger partial charge in [-0.25, -0.2) is 0 Å². The third-order valence-electron chi connectivity index (χ3n) is 3.71. The smallest absolute Gasteiger partial charge is 0.251 e. The topological polar surface area (TPSA) is 49.4 Å². The number of ketones is 1. The summed E-state index contributed by atoms with van der Waals surface area (Å²) in [6, 6.07) is 16.4. The predicted octanol–water partition coefficient (Wildman–Crippen LogP) is 2.75. The fourth-order valence-corrected chi connectivity index (χ4v) is 2.17. The van der Waals surface area contributed by atoms with Gasteiger partial charge in [0.1, 0.15) is 0 Å². The van der Waals surface area contributed by atoms with Crippen LogP contribution >= 0.6 is 0 Å². The maximum Gasteiger partial charge on any atom is 0.251 e. The molecule has 0 saturated heterocycles. The highest BCUT2D eigenvalue weighted by Crippen LogP contribution is 2.07. The molecule has 23 heavy (non-hydrogen) atoms. The SMILES string of the molecule is CCN(C)Cc1ccc(C(=O)NCC(=O)c2ccccc2)cc1. The summed E-state index contributed by atoms with van der Waals surface area (Å²) in [6.07, 6.45) is 0. The molecule has 0 fully saturated rings. The van der Waals surface area contributed by atoms with Gasteiger partial charge in [0.15, 0.2) is 5.78 Å². The van der Waals surface area contributed by atoms with E-state index in [0.717, 1.165) is 18.7 Å². The Kier molecular flexibility index (Phi) is 6.06. The van der Waals surface area contributed by atoms with Crippen LogP contribution in [0.25, 0.3) is 0 Å². The maximum absolute atomic E-state index is 12.1. The van der Waals surface area contributed by atoms with Gasteiger partial charge >= 0.3 is 0 Å². The van der Waals surface area contributed by atoms with Crippen molar-refractivity contribution in [1.82, 2.24) is 10.2 Å². The van der Waals surface area contributed by atoms with E-state index in [0.29, 0.717) is 11.1 Å². The van der Waals surface area contributed by atoms with Gasteiger partial charge < -0.3 is 10.2 Å². The molecule has 0 radical (unpaired) electrons. The van der Waals surface area contributed by atoms with E-state index in [1.807, 2.05) is 18.2 Å². The van der Waals surface area contributed by atoms with E-state index in [-0.39, 0.29) is 18.2 Å². The summed E-state index contributed by atoms with van der Waals surface area (Å²) in [7, 11) is 2.05. The maximum atomic E-state index is 12.1. The van der Waals surface area contributed by atoms with Crippen LogP contribution in [0.2, 0.25) is 0 Å². The van der Waals surface area contributed by atoms with E-state index in [1.54, 1.807) is 36.4 Å². The van der Waals surface area contributed by atoms with Gasteiger partial charge in [-0.15, -0.1) is 0 Å². The monoisotopic (exact) mass is 310 g/mol. The molecule has 0 aliphatic heterocycles. The van der Waals surface area contributed by atoms with E-state index in [1.165, 1.54) is 0 Å². The molecule has 2 aromatic rings. The molecule has 1 amide bonds. The van der Waals surface area contributed by atoms with Crippen molar-refractivity contribution >= 4 is 11.7 Å². The normalized spacial score (nSPS) is 10.6. The Morgan fingerprint density at radius 1 is 0.957 bits per heavy atom. The molecule has 0 aromatic heterocycles. The minimum Gasteiger partial charge on any atom is -0.345 e. The van der Waals surface area contributed by atoms with Gasteiger partial charge in [-0.3, -0.25) is 9.59 Å². The molecule has 4 heteroatoms. The number of nitrogens with one attached hydrogen (secondary N) is 1. The van der Waals surface area contributed by atoms with E-state index in [9.17, 15) is 9.59 Å². The average Bonchev–Trinajstić information content (AvgIpc) is 2.60. The molecule has 0 aliphatic carbocycles. The molecule has 0 saturated carbocycles. The van der Waals surface area contributed by atoms with Gasteiger partial charge in [-0.1, -0.05) is 49.4 Å². The van der Waals surface area contributed by atoms with Crippen LogP contribution in [0.5, 0.6) is 0 Å². The van der Waals surface area contributed by atoms with E-state index >= 15 is 0 Å². The van der Waals surface area contributed by atoms with Crippen molar-refractivity contribution < 1.29 is 9.59 Å². The lowest BCUT2D eigenvalue weighted by atomic mass is 10.1. The third-order valence-corrected chi connectivity index (χ3v) is 3.71. The van der Waals surface area contributed by atoms with Crippen molar-refractivity contribution in [3.63, 3.8) is 0 Å². The second-order valence-electron chi connectivity index (χ2n) is 5.50. The van der Waals surface area contributed by atoms with Gasteiger partial charge in [0.25, 0.3) is 5.91 Å². The Morgan fingerprint density at radius 2 is 1.61 bits per heavy atom. The van der Waals surface area contributed by atoms with Crippen molar-refractivity contribution in [1.29, 1.82) is 0 Å². The van der Waals surface area contributed by atoms with E-state index in [4.69, 9.17) is 0 Å². The molecule has 1 N–H and O–H groups in total.